The fraction of sp³-hybridized carbons (Fsp3) is 0.368. The molecule has 0 bridgehead atoms. The van der Waals surface area contributed by atoms with Gasteiger partial charge in [-0.15, -0.1) is 0 Å². The minimum Gasteiger partial charge on any atom is -0.462 e. The Bertz CT molecular complexity index is 1010. The number of non-ortho nitro benzene ring substituents is 1. The Balaban J connectivity index is 1.71. The number of amides is 2. The summed E-state index contributed by atoms with van der Waals surface area (Å²) in [4.78, 5) is 46.6. The van der Waals surface area contributed by atoms with Gasteiger partial charge < -0.3 is 15.8 Å². The molecule has 0 aliphatic carbocycles. The summed E-state index contributed by atoms with van der Waals surface area (Å²) in [5.41, 5.74) is 6.01. The van der Waals surface area contributed by atoms with E-state index in [1.54, 1.807) is 11.6 Å². The van der Waals surface area contributed by atoms with Crippen molar-refractivity contribution in [2.45, 2.75) is 26.3 Å². The van der Waals surface area contributed by atoms with Crippen molar-refractivity contribution in [1.29, 1.82) is 0 Å². The number of carbonyl (C=O) groups excluding carboxylic acids is 3. The number of aromatic nitrogens is 2. The van der Waals surface area contributed by atoms with Gasteiger partial charge in [-0.25, -0.2) is 4.79 Å². The number of aryl methyl sites for hydroxylation is 1. The maximum absolute atomic E-state index is 12.6. The average molecular weight is 415 g/mol. The Morgan fingerprint density at radius 2 is 2.07 bits per heavy atom. The number of hydrogen-bond donors (Lipinski definition) is 2. The van der Waals surface area contributed by atoms with Crippen molar-refractivity contribution in [1.82, 2.24) is 15.1 Å². The molecule has 0 radical (unpaired) electrons. The van der Waals surface area contributed by atoms with E-state index in [0.29, 0.717) is 25.1 Å². The second-order valence-electron chi connectivity index (χ2n) is 6.91. The van der Waals surface area contributed by atoms with Gasteiger partial charge in [0.1, 0.15) is 0 Å². The number of hydrogen-bond acceptors (Lipinski definition) is 7. The number of benzene rings is 1. The molecule has 2 aromatic rings. The molecule has 3 rings (SSSR count). The van der Waals surface area contributed by atoms with E-state index in [4.69, 9.17) is 10.5 Å². The van der Waals surface area contributed by atoms with E-state index in [0.717, 1.165) is 24.2 Å². The van der Waals surface area contributed by atoms with Crippen molar-refractivity contribution >= 4 is 23.5 Å². The molecular formula is C19H21N5O6. The number of nitrogens with zero attached hydrogens (tertiary/aromatic N) is 3. The molecule has 1 aliphatic heterocycles. The molecule has 0 fully saturated rings. The minimum atomic E-state index is -0.741. The molecule has 0 spiro atoms. The predicted octanol–water partition coefficient (Wildman–Crippen LogP) is 1.06. The summed E-state index contributed by atoms with van der Waals surface area (Å²) in [6.45, 7) is 2.60. The van der Waals surface area contributed by atoms with Gasteiger partial charge in [0.2, 0.25) is 0 Å². The van der Waals surface area contributed by atoms with Gasteiger partial charge in [0.15, 0.2) is 0 Å². The summed E-state index contributed by atoms with van der Waals surface area (Å²) in [5.74, 6) is -1.79. The number of esters is 1. The van der Waals surface area contributed by atoms with E-state index in [1.807, 2.05) is 0 Å². The van der Waals surface area contributed by atoms with Gasteiger partial charge in [0.25, 0.3) is 17.5 Å². The molecule has 1 aromatic heterocycles. The number of ether oxygens (including phenoxy) is 1. The van der Waals surface area contributed by atoms with Crippen LogP contribution in [-0.4, -0.2) is 45.6 Å². The first kappa shape index (κ1) is 21.0. The number of rotatable bonds is 7. The molecule has 1 atom stereocenters. The zero-order valence-corrected chi connectivity index (χ0v) is 16.3. The second kappa shape index (κ2) is 8.72. The molecule has 11 nitrogen and oxygen atoms in total. The van der Waals surface area contributed by atoms with E-state index in [2.05, 4.69) is 10.4 Å². The van der Waals surface area contributed by atoms with Crippen molar-refractivity contribution in [3.05, 3.63) is 56.9 Å². The average Bonchev–Trinajstić information content (AvgIpc) is 3.15. The van der Waals surface area contributed by atoms with Crippen molar-refractivity contribution in [2.24, 2.45) is 11.7 Å². The molecule has 3 N–H and O–H groups in total. The van der Waals surface area contributed by atoms with Crippen LogP contribution in [0.4, 0.5) is 5.69 Å². The zero-order valence-electron chi connectivity index (χ0n) is 16.3. The highest BCUT2D eigenvalue weighted by Gasteiger charge is 2.25. The smallest absolute Gasteiger partial charge is 0.338 e. The molecule has 0 saturated heterocycles. The van der Waals surface area contributed by atoms with E-state index in [9.17, 15) is 24.5 Å². The summed E-state index contributed by atoms with van der Waals surface area (Å²) < 4.78 is 6.60. The lowest BCUT2D eigenvalue weighted by atomic mass is 9.94. The molecule has 2 amide bonds. The van der Waals surface area contributed by atoms with Crippen LogP contribution in [0.15, 0.2) is 24.4 Å². The van der Waals surface area contributed by atoms with Crippen LogP contribution < -0.4 is 11.1 Å². The maximum atomic E-state index is 12.6. The van der Waals surface area contributed by atoms with Gasteiger partial charge in [-0.1, -0.05) is 0 Å². The van der Waals surface area contributed by atoms with Gasteiger partial charge in [-0.2, -0.15) is 5.10 Å². The number of nitrogens with one attached hydrogen (secondary N) is 1. The van der Waals surface area contributed by atoms with Crippen LogP contribution in [-0.2, 0) is 17.7 Å². The predicted molar refractivity (Wildman–Crippen MR) is 104 cm³/mol. The monoisotopic (exact) mass is 415 g/mol. The van der Waals surface area contributed by atoms with Crippen LogP contribution in [0.1, 0.15) is 50.1 Å². The van der Waals surface area contributed by atoms with Crippen LogP contribution >= 0.6 is 0 Å². The number of nitro benzene ring substituents is 1. The second-order valence-corrected chi connectivity index (χ2v) is 6.91. The topological polar surface area (TPSA) is 159 Å². The summed E-state index contributed by atoms with van der Waals surface area (Å²) >= 11 is 0. The van der Waals surface area contributed by atoms with Crippen LogP contribution in [0.3, 0.4) is 0 Å². The maximum Gasteiger partial charge on any atom is 0.338 e. The minimum absolute atomic E-state index is 0.00840. The van der Waals surface area contributed by atoms with Gasteiger partial charge in [-0.3, -0.25) is 24.4 Å². The van der Waals surface area contributed by atoms with Crippen molar-refractivity contribution in [3.63, 3.8) is 0 Å². The Labute approximate surface area is 171 Å². The third-order valence-electron chi connectivity index (χ3n) is 4.90. The Morgan fingerprint density at radius 1 is 1.33 bits per heavy atom. The summed E-state index contributed by atoms with van der Waals surface area (Å²) in [6, 6.07) is 3.45. The highest BCUT2D eigenvalue weighted by Crippen LogP contribution is 2.23. The molecule has 30 heavy (non-hydrogen) atoms. The normalized spacial score (nSPS) is 15.2. The number of nitro groups is 1. The van der Waals surface area contributed by atoms with E-state index in [1.165, 1.54) is 12.3 Å². The SMILES string of the molecule is CCOC(=O)c1cc(C(=O)NCC2CCn3ncc(C(N)=O)c3C2)cc([N+](=O)[O-])c1. The molecule has 0 saturated carbocycles. The highest BCUT2D eigenvalue weighted by atomic mass is 16.6. The zero-order chi connectivity index (χ0) is 21.8. The molecule has 158 valence electrons. The summed E-state index contributed by atoms with van der Waals surface area (Å²) in [5, 5.41) is 18.1. The van der Waals surface area contributed by atoms with Crippen LogP contribution in [0.25, 0.3) is 0 Å². The number of primary amides is 1. The lowest BCUT2D eigenvalue weighted by Gasteiger charge is -2.24. The fourth-order valence-electron chi connectivity index (χ4n) is 3.40. The van der Waals surface area contributed by atoms with Gasteiger partial charge >= 0.3 is 5.97 Å². The third-order valence-corrected chi connectivity index (χ3v) is 4.90. The summed E-state index contributed by atoms with van der Waals surface area (Å²) in [7, 11) is 0. The Kier molecular flexibility index (Phi) is 6.09. The third kappa shape index (κ3) is 4.45. The Hall–Kier alpha value is -3.76. The highest BCUT2D eigenvalue weighted by molar-refractivity contribution is 5.99. The van der Waals surface area contributed by atoms with Crippen LogP contribution in [0, 0.1) is 16.0 Å². The molecule has 1 unspecified atom stereocenters. The molecule has 2 heterocycles. The van der Waals surface area contributed by atoms with E-state index < -0.39 is 22.7 Å². The van der Waals surface area contributed by atoms with E-state index in [-0.39, 0.29) is 29.3 Å². The van der Waals surface area contributed by atoms with Gasteiger partial charge in [0.05, 0.1) is 34.5 Å². The standard InChI is InChI=1S/C19H21N5O6/c1-2-30-19(27)13-6-12(7-14(8-13)24(28)29)18(26)21-9-11-3-4-23-16(5-11)15(10-22-23)17(20)25/h6-8,10-11H,2-5,9H2,1H3,(H2,20,25)(H,21,26). The first-order valence-electron chi connectivity index (χ1n) is 9.39. The number of fused-ring (bicyclic) bond motifs is 1. The van der Waals surface area contributed by atoms with Crippen molar-refractivity contribution in [3.8, 4) is 0 Å². The number of nitrogens with two attached hydrogens (primary N) is 1. The lowest BCUT2D eigenvalue weighted by Crippen LogP contribution is -2.34. The number of carbonyl (C=O) groups is 3. The molecular weight excluding hydrogens is 394 g/mol. The summed E-state index contributed by atoms with van der Waals surface area (Å²) in [6.07, 6.45) is 2.69. The lowest BCUT2D eigenvalue weighted by molar-refractivity contribution is -0.384. The molecule has 1 aromatic carbocycles. The van der Waals surface area contributed by atoms with Crippen molar-refractivity contribution < 1.29 is 24.0 Å². The van der Waals surface area contributed by atoms with Gasteiger partial charge in [-0.05, 0) is 31.7 Å². The molecule has 1 aliphatic rings. The van der Waals surface area contributed by atoms with Crippen LogP contribution in [0.2, 0.25) is 0 Å². The quantitative estimate of drug-likeness (QED) is 0.388. The fourth-order valence-corrected chi connectivity index (χ4v) is 3.40. The first-order valence-corrected chi connectivity index (χ1v) is 9.39. The molecule has 11 heteroatoms. The van der Waals surface area contributed by atoms with E-state index >= 15 is 0 Å². The Morgan fingerprint density at radius 3 is 2.73 bits per heavy atom. The van der Waals surface area contributed by atoms with Gasteiger partial charge in [0, 0.05) is 30.8 Å². The van der Waals surface area contributed by atoms with Crippen LogP contribution in [0.5, 0.6) is 0 Å². The first-order chi connectivity index (χ1) is 14.3. The van der Waals surface area contributed by atoms with Crippen molar-refractivity contribution in [2.75, 3.05) is 13.2 Å². The largest absolute Gasteiger partial charge is 0.462 e.